The predicted molar refractivity (Wildman–Crippen MR) is 87.6 cm³/mol. The zero-order valence-electron chi connectivity index (χ0n) is 13.7. The van der Waals surface area contributed by atoms with Crippen LogP contribution in [0.2, 0.25) is 0 Å². The minimum Gasteiger partial charge on any atom is -0.374 e. The van der Waals surface area contributed by atoms with Crippen molar-refractivity contribution in [2.75, 3.05) is 13.2 Å². The molecule has 0 saturated carbocycles. The average molecular weight is 298 g/mol. The third-order valence-corrected chi connectivity index (χ3v) is 4.94. The van der Waals surface area contributed by atoms with Gasteiger partial charge in [-0.2, -0.15) is 0 Å². The normalized spacial score (nSPS) is 13.7. The number of rotatable bonds is 10. The molecule has 1 atom stereocenters. The maximum absolute atomic E-state index is 6.18. The number of aryl methyl sites for hydroxylation is 1. The average Bonchev–Trinajstić information content (AvgIpc) is 2.86. The fraction of sp³-hybridized carbons (Fsp3) is 0.812. The molecule has 4 heteroatoms. The van der Waals surface area contributed by atoms with E-state index >= 15 is 0 Å². The van der Waals surface area contributed by atoms with Crippen LogP contribution in [0, 0.1) is 6.92 Å². The maximum atomic E-state index is 6.18. The van der Waals surface area contributed by atoms with Crippen LogP contribution in [0.1, 0.15) is 57.7 Å². The highest BCUT2D eigenvalue weighted by molar-refractivity contribution is 7.09. The minimum absolute atomic E-state index is 0.0799. The van der Waals surface area contributed by atoms with E-state index in [4.69, 9.17) is 4.74 Å². The summed E-state index contributed by atoms with van der Waals surface area (Å²) in [5.74, 6) is 0. The van der Waals surface area contributed by atoms with Crippen LogP contribution in [-0.2, 0) is 11.2 Å². The van der Waals surface area contributed by atoms with Gasteiger partial charge >= 0.3 is 0 Å². The van der Waals surface area contributed by atoms with Gasteiger partial charge in [0.05, 0.1) is 10.6 Å². The molecule has 0 bridgehead atoms. The molecular formula is C16H30N2OS. The second-order valence-electron chi connectivity index (χ2n) is 5.30. The molecular weight excluding hydrogens is 268 g/mol. The van der Waals surface area contributed by atoms with Crippen LogP contribution < -0.4 is 5.32 Å². The number of thiazole rings is 1. The van der Waals surface area contributed by atoms with E-state index < -0.39 is 0 Å². The van der Waals surface area contributed by atoms with Gasteiger partial charge in [-0.1, -0.05) is 20.8 Å². The summed E-state index contributed by atoms with van der Waals surface area (Å²) in [6, 6.07) is 0.336. The molecule has 0 aliphatic heterocycles. The van der Waals surface area contributed by atoms with Crippen molar-refractivity contribution in [2.45, 2.75) is 71.9 Å². The van der Waals surface area contributed by atoms with Crippen molar-refractivity contribution in [1.82, 2.24) is 10.3 Å². The maximum Gasteiger partial charge on any atom is 0.0944 e. The molecule has 0 aliphatic carbocycles. The van der Waals surface area contributed by atoms with Crippen molar-refractivity contribution in [1.29, 1.82) is 0 Å². The highest BCUT2D eigenvalue weighted by Gasteiger charge is 2.36. The van der Waals surface area contributed by atoms with E-state index in [2.05, 4.69) is 50.3 Å². The van der Waals surface area contributed by atoms with Gasteiger partial charge in [0.25, 0.3) is 0 Å². The Kier molecular flexibility index (Phi) is 7.70. The minimum atomic E-state index is -0.0799. The summed E-state index contributed by atoms with van der Waals surface area (Å²) < 4.78 is 6.18. The van der Waals surface area contributed by atoms with Crippen molar-refractivity contribution in [2.24, 2.45) is 0 Å². The number of hydrogen-bond acceptors (Lipinski definition) is 4. The monoisotopic (exact) mass is 298 g/mol. The topological polar surface area (TPSA) is 34.2 Å². The van der Waals surface area contributed by atoms with Gasteiger partial charge in [-0.3, -0.25) is 0 Å². The molecule has 1 aromatic heterocycles. The number of hydrogen-bond donors (Lipinski definition) is 1. The smallest absolute Gasteiger partial charge is 0.0944 e. The molecule has 0 fully saturated rings. The first-order valence-corrected chi connectivity index (χ1v) is 8.78. The summed E-state index contributed by atoms with van der Waals surface area (Å²) in [4.78, 5) is 4.62. The van der Waals surface area contributed by atoms with Crippen LogP contribution in [0.15, 0.2) is 5.38 Å². The zero-order valence-corrected chi connectivity index (χ0v) is 14.5. The first kappa shape index (κ1) is 17.6. The van der Waals surface area contributed by atoms with E-state index in [1.165, 1.54) is 5.01 Å². The van der Waals surface area contributed by atoms with Gasteiger partial charge in [0.15, 0.2) is 0 Å². The fourth-order valence-corrected chi connectivity index (χ4v) is 3.59. The van der Waals surface area contributed by atoms with E-state index in [9.17, 15) is 0 Å². The largest absolute Gasteiger partial charge is 0.374 e. The van der Waals surface area contributed by atoms with Gasteiger partial charge in [0.2, 0.25) is 0 Å². The molecule has 0 saturated heterocycles. The first-order valence-electron chi connectivity index (χ1n) is 7.90. The van der Waals surface area contributed by atoms with E-state index in [0.717, 1.165) is 44.5 Å². The first-order chi connectivity index (χ1) is 9.61. The van der Waals surface area contributed by atoms with E-state index in [1.54, 1.807) is 11.3 Å². The lowest BCUT2D eigenvalue weighted by Crippen LogP contribution is -2.53. The molecule has 3 nitrogen and oxygen atoms in total. The third-order valence-electron chi connectivity index (χ3n) is 3.95. The Bertz CT molecular complexity index is 374. The zero-order chi connectivity index (χ0) is 15.0. The van der Waals surface area contributed by atoms with E-state index in [1.807, 2.05) is 0 Å². The van der Waals surface area contributed by atoms with Gasteiger partial charge in [-0.25, -0.2) is 4.98 Å². The van der Waals surface area contributed by atoms with E-state index in [0.29, 0.717) is 6.04 Å². The van der Waals surface area contributed by atoms with Crippen molar-refractivity contribution in [3.63, 3.8) is 0 Å². The Labute approximate surface area is 128 Å². The fourth-order valence-electron chi connectivity index (χ4n) is 2.77. The standard InChI is InChI=1S/C16H30N2OS/c1-6-10-17-14(11-15-18-13(5)12-20-15)16(7-2,8-3)19-9-4/h12,14,17H,6-11H2,1-5H3. The van der Waals surface area contributed by atoms with Crippen molar-refractivity contribution in [3.05, 3.63) is 16.1 Å². The Hall–Kier alpha value is -0.450. The summed E-state index contributed by atoms with van der Waals surface area (Å²) in [6.45, 7) is 12.6. The number of nitrogens with zero attached hydrogens (tertiary/aromatic N) is 1. The van der Waals surface area contributed by atoms with Crippen LogP contribution in [0.25, 0.3) is 0 Å². The van der Waals surface area contributed by atoms with Gasteiger partial charge < -0.3 is 10.1 Å². The third kappa shape index (κ3) is 4.54. The Morgan fingerprint density at radius 1 is 1.30 bits per heavy atom. The molecule has 1 unspecified atom stereocenters. The predicted octanol–water partition coefficient (Wildman–Crippen LogP) is 3.96. The van der Waals surface area contributed by atoms with Crippen molar-refractivity contribution in [3.8, 4) is 0 Å². The summed E-state index contributed by atoms with van der Waals surface area (Å²) in [5, 5.41) is 7.04. The van der Waals surface area contributed by atoms with Crippen LogP contribution >= 0.6 is 11.3 Å². The van der Waals surface area contributed by atoms with Crippen LogP contribution in [0.3, 0.4) is 0 Å². The van der Waals surface area contributed by atoms with Crippen molar-refractivity contribution >= 4 is 11.3 Å². The Morgan fingerprint density at radius 2 is 2.00 bits per heavy atom. The highest BCUT2D eigenvalue weighted by Crippen LogP contribution is 2.28. The second-order valence-corrected chi connectivity index (χ2v) is 6.24. The summed E-state index contributed by atoms with van der Waals surface area (Å²) in [7, 11) is 0. The molecule has 0 radical (unpaired) electrons. The van der Waals surface area contributed by atoms with E-state index in [-0.39, 0.29) is 5.60 Å². The van der Waals surface area contributed by atoms with Gasteiger partial charge in [0.1, 0.15) is 0 Å². The van der Waals surface area contributed by atoms with Crippen LogP contribution in [-0.4, -0.2) is 29.8 Å². The molecule has 0 amide bonds. The molecule has 0 aliphatic rings. The lowest BCUT2D eigenvalue weighted by Gasteiger charge is -2.40. The Balaban J connectivity index is 2.89. The Morgan fingerprint density at radius 3 is 2.45 bits per heavy atom. The molecule has 0 spiro atoms. The van der Waals surface area contributed by atoms with Gasteiger partial charge in [-0.15, -0.1) is 11.3 Å². The lowest BCUT2D eigenvalue weighted by atomic mass is 9.86. The summed E-state index contributed by atoms with van der Waals surface area (Å²) in [6.07, 6.45) is 4.16. The number of ether oxygens (including phenoxy) is 1. The van der Waals surface area contributed by atoms with Crippen LogP contribution in [0.5, 0.6) is 0 Å². The summed E-state index contributed by atoms with van der Waals surface area (Å²) >= 11 is 1.76. The molecule has 1 heterocycles. The number of nitrogens with one attached hydrogen (secondary N) is 1. The van der Waals surface area contributed by atoms with Crippen LogP contribution in [0.4, 0.5) is 0 Å². The number of aromatic nitrogens is 1. The molecule has 1 N–H and O–H groups in total. The molecule has 1 rings (SSSR count). The molecule has 1 aromatic rings. The summed E-state index contributed by atoms with van der Waals surface area (Å²) in [5.41, 5.74) is 1.04. The van der Waals surface area contributed by atoms with Crippen molar-refractivity contribution < 1.29 is 4.74 Å². The molecule has 20 heavy (non-hydrogen) atoms. The quantitative estimate of drug-likeness (QED) is 0.710. The second kappa shape index (κ2) is 8.75. The van der Waals surface area contributed by atoms with Gasteiger partial charge in [0, 0.05) is 30.1 Å². The SMILES string of the molecule is CCCNC(Cc1nc(C)cs1)C(CC)(CC)OCC. The van der Waals surface area contributed by atoms with Gasteiger partial charge in [-0.05, 0) is 39.7 Å². The highest BCUT2D eigenvalue weighted by atomic mass is 32.1. The lowest BCUT2D eigenvalue weighted by molar-refractivity contribution is -0.0718. The molecule has 116 valence electrons. The molecule has 0 aromatic carbocycles.